The number of benzene rings is 1. The van der Waals surface area contributed by atoms with Crippen LogP contribution in [0.25, 0.3) is 0 Å². The van der Waals surface area contributed by atoms with Crippen LogP contribution in [-0.2, 0) is 12.7 Å². The van der Waals surface area contributed by atoms with Crippen molar-refractivity contribution in [3.63, 3.8) is 0 Å². The second-order valence-corrected chi connectivity index (χ2v) is 4.80. The minimum Gasteiger partial charge on any atom is -0.299 e. The van der Waals surface area contributed by atoms with Crippen molar-refractivity contribution in [1.82, 2.24) is 4.90 Å². The summed E-state index contributed by atoms with van der Waals surface area (Å²) in [5, 5.41) is 0. The molecule has 0 aromatic heterocycles. The third kappa shape index (κ3) is 2.58. The summed E-state index contributed by atoms with van der Waals surface area (Å²) < 4.78 is 38.0. The molecule has 1 heterocycles. The largest absolute Gasteiger partial charge is 0.417 e. The second kappa shape index (κ2) is 4.37. The SMILES string of the molecule is FC(F)(F)c1cc(CN2CCC2)ccc1Br. The Kier molecular flexibility index (Phi) is 3.26. The van der Waals surface area contributed by atoms with Gasteiger partial charge in [0.15, 0.2) is 0 Å². The van der Waals surface area contributed by atoms with Crippen molar-refractivity contribution in [3.05, 3.63) is 33.8 Å². The first-order valence-corrected chi connectivity index (χ1v) is 5.84. The van der Waals surface area contributed by atoms with Crippen LogP contribution in [0.5, 0.6) is 0 Å². The molecule has 0 aliphatic carbocycles. The highest BCUT2D eigenvalue weighted by Gasteiger charge is 2.33. The summed E-state index contributed by atoms with van der Waals surface area (Å²) in [7, 11) is 0. The molecule has 88 valence electrons. The third-order valence-electron chi connectivity index (χ3n) is 2.69. The van der Waals surface area contributed by atoms with E-state index >= 15 is 0 Å². The molecule has 0 radical (unpaired) electrons. The van der Waals surface area contributed by atoms with Crippen LogP contribution < -0.4 is 0 Å². The molecule has 1 aromatic carbocycles. The fourth-order valence-corrected chi connectivity index (χ4v) is 2.16. The number of halogens is 4. The minimum atomic E-state index is -4.29. The van der Waals surface area contributed by atoms with Gasteiger partial charge >= 0.3 is 6.18 Å². The number of nitrogens with zero attached hydrogens (tertiary/aromatic N) is 1. The van der Waals surface area contributed by atoms with E-state index in [2.05, 4.69) is 20.8 Å². The van der Waals surface area contributed by atoms with E-state index in [1.54, 1.807) is 6.07 Å². The molecule has 0 spiro atoms. The average Bonchev–Trinajstić information content (AvgIpc) is 2.12. The van der Waals surface area contributed by atoms with Crippen LogP contribution in [0.1, 0.15) is 17.5 Å². The van der Waals surface area contributed by atoms with Crippen LogP contribution >= 0.6 is 15.9 Å². The molecule has 1 nitrogen and oxygen atoms in total. The molecule has 1 aromatic rings. The van der Waals surface area contributed by atoms with Gasteiger partial charge in [-0.2, -0.15) is 13.2 Å². The maximum atomic E-state index is 12.6. The molecule has 1 aliphatic heterocycles. The highest BCUT2D eigenvalue weighted by molar-refractivity contribution is 9.10. The zero-order valence-electron chi connectivity index (χ0n) is 8.52. The zero-order chi connectivity index (χ0) is 11.8. The van der Waals surface area contributed by atoms with Crippen LogP contribution in [0.3, 0.4) is 0 Å². The lowest BCUT2D eigenvalue weighted by Crippen LogP contribution is -2.36. The van der Waals surface area contributed by atoms with E-state index in [1.807, 2.05) is 0 Å². The summed E-state index contributed by atoms with van der Waals surface area (Å²) in [4.78, 5) is 2.13. The van der Waals surface area contributed by atoms with Crippen LogP contribution in [0.4, 0.5) is 13.2 Å². The van der Waals surface area contributed by atoms with E-state index in [0.29, 0.717) is 6.54 Å². The Morgan fingerprint density at radius 3 is 2.44 bits per heavy atom. The lowest BCUT2D eigenvalue weighted by atomic mass is 10.1. The second-order valence-electron chi connectivity index (χ2n) is 3.94. The van der Waals surface area contributed by atoms with Crippen LogP contribution in [0.15, 0.2) is 22.7 Å². The van der Waals surface area contributed by atoms with Crippen LogP contribution in [0, 0.1) is 0 Å². The normalized spacial score (nSPS) is 17.2. The summed E-state index contributed by atoms with van der Waals surface area (Å²) in [6.45, 7) is 2.57. The fourth-order valence-electron chi connectivity index (χ4n) is 1.69. The fraction of sp³-hybridized carbons (Fsp3) is 0.455. The van der Waals surface area contributed by atoms with E-state index < -0.39 is 11.7 Å². The molecule has 1 fully saturated rings. The van der Waals surface area contributed by atoms with Gasteiger partial charge in [-0.15, -0.1) is 0 Å². The van der Waals surface area contributed by atoms with Gasteiger partial charge in [0.05, 0.1) is 5.56 Å². The smallest absolute Gasteiger partial charge is 0.299 e. The Morgan fingerprint density at radius 2 is 1.94 bits per heavy atom. The van der Waals surface area contributed by atoms with Crippen molar-refractivity contribution < 1.29 is 13.2 Å². The molecule has 5 heteroatoms. The van der Waals surface area contributed by atoms with Crippen molar-refractivity contribution in [3.8, 4) is 0 Å². The Bertz CT molecular complexity index is 385. The van der Waals surface area contributed by atoms with Gasteiger partial charge in [-0.25, -0.2) is 0 Å². The monoisotopic (exact) mass is 293 g/mol. The lowest BCUT2D eigenvalue weighted by molar-refractivity contribution is -0.138. The Morgan fingerprint density at radius 1 is 1.25 bits per heavy atom. The minimum absolute atomic E-state index is 0.104. The predicted molar refractivity (Wildman–Crippen MR) is 59.0 cm³/mol. The van der Waals surface area contributed by atoms with E-state index in [0.717, 1.165) is 25.1 Å². The summed E-state index contributed by atoms with van der Waals surface area (Å²) in [5.74, 6) is 0. The Balaban J connectivity index is 2.20. The Labute approximate surface area is 100 Å². The lowest BCUT2D eigenvalue weighted by Gasteiger charge is -2.30. The molecule has 0 amide bonds. The van der Waals surface area contributed by atoms with E-state index in [-0.39, 0.29) is 4.47 Å². The van der Waals surface area contributed by atoms with Gasteiger partial charge in [0.1, 0.15) is 0 Å². The van der Waals surface area contributed by atoms with Gasteiger partial charge in [0.25, 0.3) is 0 Å². The van der Waals surface area contributed by atoms with Gasteiger partial charge in [-0.05, 0) is 37.2 Å². The molecule has 0 saturated carbocycles. The van der Waals surface area contributed by atoms with Crippen molar-refractivity contribution >= 4 is 15.9 Å². The zero-order valence-corrected chi connectivity index (χ0v) is 10.1. The van der Waals surface area contributed by atoms with Crippen LogP contribution in [-0.4, -0.2) is 18.0 Å². The first-order valence-electron chi connectivity index (χ1n) is 5.05. The number of hydrogen-bond donors (Lipinski definition) is 0. The van der Waals surface area contributed by atoms with Crippen molar-refractivity contribution in [2.24, 2.45) is 0 Å². The van der Waals surface area contributed by atoms with Crippen molar-refractivity contribution in [2.75, 3.05) is 13.1 Å². The molecule has 0 N–H and O–H groups in total. The quantitative estimate of drug-likeness (QED) is 0.804. The van der Waals surface area contributed by atoms with E-state index in [4.69, 9.17) is 0 Å². The molecule has 0 bridgehead atoms. The molecular weight excluding hydrogens is 283 g/mol. The molecule has 0 unspecified atom stereocenters. The standard InChI is InChI=1S/C11H11BrF3N/c12-10-3-2-8(7-16-4-1-5-16)6-9(10)11(13,14)15/h2-3,6H,1,4-5,7H2. The highest BCUT2D eigenvalue weighted by Crippen LogP contribution is 2.35. The highest BCUT2D eigenvalue weighted by atomic mass is 79.9. The summed E-state index contributed by atoms with van der Waals surface area (Å²) >= 11 is 2.93. The number of rotatable bonds is 2. The van der Waals surface area contributed by atoms with Crippen LogP contribution in [0.2, 0.25) is 0 Å². The summed E-state index contributed by atoms with van der Waals surface area (Å²) in [6.07, 6.45) is -3.15. The average molecular weight is 294 g/mol. The van der Waals surface area contributed by atoms with Crippen molar-refractivity contribution in [2.45, 2.75) is 19.1 Å². The first kappa shape index (κ1) is 11.9. The maximum absolute atomic E-state index is 12.6. The topological polar surface area (TPSA) is 3.24 Å². The van der Waals surface area contributed by atoms with Gasteiger partial charge in [-0.1, -0.05) is 22.0 Å². The summed E-state index contributed by atoms with van der Waals surface area (Å²) in [5.41, 5.74) is 0.126. The summed E-state index contributed by atoms with van der Waals surface area (Å²) in [6, 6.07) is 4.43. The van der Waals surface area contributed by atoms with E-state index in [1.165, 1.54) is 12.1 Å². The van der Waals surface area contributed by atoms with Gasteiger partial charge < -0.3 is 0 Å². The molecular formula is C11H11BrF3N. The molecule has 2 rings (SSSR count). The molecule has 16 heavy (non-hydrogen) atoms. The molecule has 1 saturated heterocycles. The molecule has 0 atom stereocenters. The molecule has 1 aliphatic rings. The van der Waals surface area contributed by atoms with Gasteiger partial charge in [-0.3, -0.25) is 4.90 Å². The Hall–Kier alpha value is -0.550. The number of likely N-dealkylation sites (tertiary alicyclic amines) is 1. The van der Waals surface area contributed by atoms with Gasteiger partial charge in [0, 0.05) is 11.0 Å². The first-order chi connectivity index (χ1) is 7.47. The number of alkyl halides is 3. The van der Waals surface area contributed by atoms with E-state index in [9.17, 15) is 13.2 Å². The number of hydrogen-bond acceptors (Lipinski definition) is 1. The predicted octanol–water partition coefficient (Wildman–Crippen LogP) is 3.67. The van der Waals surface area contributed by atoms with Gasteiger partial charge in [0.2, 0.25) is 0 Å². The maximum Gasteiger partial charge on any atom is 0.417 e. The third-order valence-corrected chi connectivity index (χ3v) is 3.38. The van der Waals surface area contributed by atoms with Crippen molar-refractivity contribution in [1.29, 1.82) is 0 Å².